The molecule has 0 radical (unpaired) electrons. The number of hydrogen-bond acceptors (Lipinski definition) is 4. The lowest BCUT2D eigenvalue weighted by Crippen LogP contribution is -2.41. The van der Waals surface area contributed by atoms with Gasteiger partial charge in [0.05, 0.1) is 0 Å². The summed E-state index contributed by atoms with van der Waals surface area (Å²) in [6.45, 7) is 1.68. The highest BCUT2D eigenvalue weighted by Gasteiger charge is 2.35. The first-order chi connectivity index (χ1) is 8.75. The lowest BCUT2D eigenvalue weighted by molar-refractivity contribution is 0.0654. The smallest absolute Gasteiger partial charge is 0.276 e. The number of hydrogen-bond donors (Lipinski definition) is 1. The second-order valence-corrected chi connectivity index (χ2v) is 5.28. The molecular formula is C13H18N4O. The van der Waals surface area contributed by atoms with Crippen LogP contribution in [0.1, 0.15) is 36.2 Å². The van der Waals surface area contributed by atoms with E-state index in [1.54, 1.807) is 0 Å². The number of nitrogen functional groups attached to an aromatic ring is 1. The Balaban J connectivity index is 1.73. The largest absolute Gasteiger partial charge is 0.382 e. The van der Waals surface area contributed by atoms with E-state index >= 15 is 0 Å². The fourth-order valence-corrected chi connectivity index (χ4v) is 2.81. The Kier molecular flexibility index (Phi) is 2.89. The number of piperidine rings is 1. The van der Waals surface area contributed by atoms with Gasteiger partial charge in [-0.1, -0.05) is 0 Å². The molecule has 1 saturated heterocycles. The third-order valence-corrected chi connectivity index (χ3v) is 3.96. The van der Waals surface area contributed by atoms with E-state index in [-0.39, 0.29) is 11.7 Å². The molecule has 1 unspecified atom stereocenters. The van der Waals surface area contributed by atoms with E-state index in [1.165, 1.54) is 31.7 Å². The predicted octanol–water partition coefficient (Wildman–Crippen LogP) is 1.32. The van der Waals surface area contributed by atoms with Crippen molar-refractivity contribution >= 4 is 11.7 Å². The fourth-order valence-electron chi connectivity index (χ4n) is 2.81. The zero-order chi connectivity index (χ0) is 12.5. The minimum atomic E-state index is -0.0639. The number of rotatable bonds is 2. The van der Waals surface area contributed by atoms with Crippen molar-refractivity contribution in [1.82, 2.24) is 14.9 Å². The van der Waals surface area contributed by atoms with Crippen LogP contribution in [0, 0.1) is 11.8 Å². The van der Waals surface area contributed by atoms with E-state index in [2.05, 4.69) is 9.97 Å². The number of carbonyl (C=O) groups is 1. The normalized spacial score (nSPS) is 24.0. The maximum absolute atomic E-state index is 12.4. The van der Waals surface area contributed by atoms with Gasteiger partial charge in [-0.15, -0.1) is 0 Å². The zero-order valence-electron chi connectivity index (χ0n) is 10.4. The average molecular weight is 246 g/mol. The number of nitrogens with two attached hydrogens (primary N) is 1. The van der Waals surface area contributed by atoms with E-state index in [0.717, 1.165) is 25.4 Å². The molecule has 0 aromatic carbocycles. The fraction of sp³-hybridized carbons (Fsp3) is 0.615. The predicted molar refractivity (Wildman–Crippen MR) is 67.8 cm³/mol. The topological polar surface area (TPSA) is 72.1 Å². The van der Waals surface area contributed by atoms with Crippen molar-refractivity contribution in [3.05, 3.63) is 18.1 Å². The van der Waals surface area contributed by atoms with Crippen LogP contribution in [0.2, 0.25) is 0 Å². The summed E-state index contributed by atoms with van der Waals surface area (Å²) in [6.07, 6.45) is 8.04. The Bertz CT molecular complexity index is 458. The van der Waals surface area contributed by atoms with Crippen LogP contribution in [0.3, 0.4) is 0 Å². The Morgan fingerprint density at radius 1 is 1.22 bits per heavy atom. The van der Waals surface area contributed by atoms with Crippen LogP contribution >= 0.6 is 0 Å². The first-order valence-corrected chi connectivity index (χ1v) is 6.61. The van der Waals surface area contributed by atoms with Gasteiger partial charge in [0, 0.05) is 25.5 Å². The van der Waals surface area contributed by atoms with Crippen LogP contribution in [0.25, 0.3) is 0 Å². The molecule has 2 N–H and O–H groups in total. The molecule has 1 saturated carbocycles. The number of anilines is 1. The van der Waals surface area contributed by atoms with E-state index in [0.29, 0.717) is 11.6 Å². The highest BCUT2D eigenvalue weighted by Crippen LogP contribution is 2.41. The molecule has 1 aliphatic heterocycles. The van der Waals surface area contributed by atoms with E-state index in [4.69, 9.17) is 5.73 Å². The molecule has 3 rings (SSSR count). The first-order valence-electron chi connectivity index (χ1n) is 6.61. The van der Waals surface area contributed by atoms with Crippen molar-refractivity contribution in [2.45, 2.75) is 25.7 Å². The van der Waals surface area contributed by atoms with Crippen molar-refractivity contribution in [2.75, 3.05) is 18.8 Å². The van der Waals surface area contributed by atoms with Gasteiger partial charge in [-0.2, -0.15) is 0 Å². The molecule has 5 heteroatoms. The summed E-state index contributed by atoms with van der Waals surface area (Å²) in [6, 6.07) is 0. The lowest BCUT2D eigenvalue weighted by Gasteiger charge is -2.32. The maximum Gasteiger partial charge on any atom is 0.276 e. The molecule has 1 atom stereocenters. The molecule has 5 nitrogen and oxygen atoms in total. The second-order valence-electron chi connectivity index (χ2n) is 5.28. The average Bonchev–Trinajstić information content (AvgIpc) is 3.23. The van der Waals surface area contributed by atoms with Crippen molar-refractivity contribution in [3.8, 4) is 0 Å². The summed E-state index contributed by atoms with van der Waals surface area (Å²) in [4.78, 5) is 22.2. The number of likely N-dealkylation sites (tertiary alicyclic amines) is 1. The minimum Gasteiger partial charge on any atom is -0.382 e. The molecule has 2 heterocycles. The molecule has 1 aliphatic carbocycles. The van der Waals surface area contributed by atoms with Gasteiger partial charge < -0.3 is 10.6 Å². The van der Waals surface area contributed by atoms with Gasteiger partial charge >= 0.3 is 0 Å². The quantitative estimate of drug-likeness (QED) is 0.854. The van der Waals surface area contributed by atoms with Gasteiger partial charge in [-0.3, -0.25) is 4.79 Å². The van der Waals surface area contributed by atoms with Gasteiger partial charge in [0.25, 0.3) is 5.91 Å². The Morgan fingerprint density at radius 2 is 2.00 bits per heavy atom. The molecular weight excluding hydrogens is 228 g/mol. The summed E-state index contributed by atoms with van der Waals surface area (Å²) in [7, 11) is 0. The van der Waals surface area contributed by atoms with Gasteiger partial charge in [0.2, 0.25) is 0 Å². The highest BCUT2D eigenvalue weighted by atomic mass is 16.2. The Labute approximate surface area is 106 Å². The molecule has 2 fully saturated rings. The van der Waals surface area contributed by atoms with Crippen molar-refractivity contribution in [3.63, 3.8) is 0 Å². The van der Waals surface area contributed by atoms with Crippen LogP contribution in [0.4, 0.5) is 5.82 Å². The van der Waals surface area contributed by atoms with Crippen LogP contribution in [0.5, 0.6) is 0 Å². The van der Waals surface area contributed by atoms with Crippen molar-refractivity contribution < 1.29 is 4.79 Å². The SMILES string of the molecule is Nc1nccnc1C(=O)N1CCCC(C2CC2)C1. The van der Waals surface area contributed by atoms with Crippen LogP contribution in [-0.2, 0) is 0 Å². The molecule has 2 aliphatic rings. The summed E-state index contributed by atoms with van der Waals surface area (Å²) in [5.41, 5.74) is 6.01. The monoisotopic (exact) mass is 246 g/mol. The Hall–Kier alpha value is -1.65. The highest BCUT2D eigenvalue weighted by molar-refractivity contribution is 5.96. The molecule has 0 bridgehead atoms. The van der Waals surface area contributed by atoms with Crippen LogP contribution in [-0.4, -0.2) is 33.9 Å². The summed E-state index contributed by atoms with van der Waals surface area (Å²) in [5, 5.41) is 0. The second kappa shape index (κ2) is 4.55. The third-order valence-electron chi connectivity index (χ3n) is 3.96. The van der Waals surface area contributed by atoms with Gasteiger partial charge in [0.1, 0.15) is 0 Å². The molecule has 1 amide bonds. The molecule has 1 aromatic heterocycles. The Morgan fingerprint density at radius 3 is 2.72 bits per heavy atom. The number of amides is 1. The standard InChI is InChI=1S/C13H18N4O/c14-12-11(15-5-6-16-12)13(18)17-7-1-2-10(8-17)9-3-4-9/h5-6,9-10H,1-4,7-8H2,(H2,14,16). The van der Waals surface area contributed by atoms with Crippen LogP contribution < -0.4 is 5.73 Å². The van der Waals surface area contributed by atoms with Crippen LogP contribution in [0.15, 0.2) is 12.4 Å². The van der Waals surface area contributed by atoms with Crippen molar-refractivity contribution in [1.29, 1.82) is 0 Å². The molecule has 1 aromatic rings. The van der Waals surface area contributed by atoms with E-state index < -0.39 is 0 Å². The number of carbonyl (C=O) groups excluding carboxylic acids is 1. The molecule has 18 heavy (non-hydrogen) atoms. The number of aromatic nitrogens is 2. The summed E-state index contributed by atoms with van der Waals surface area (Å²) in [5.74, 6) is 1.70. The van der Waals surface area contributed by atoms with E-state index in [1.807, 2.05) is 4.90 Å². The van der Waals surface area contributed by atoms with Gasteiger partial charge in [-0.05, 0) is 37.5 Å². The lowest BCUT2D eigenvalue weighted by atomic mass is 9.93. The maximum atomic E-state index is 12.4. The minimum absolute atomic E-state index is 0.0639. The third kappa shape index (κ3) is 2.17. The van der Waals surface area contributed by atoms with Crippen molar-refractivity contribution in [2.24, 2.45) is 11.8 Å². The molecule has 0 spiro atoms. The number of nitrogens with zero attached hydrogens (tertiary/aromatic N) is 3. The van der Waals surface area contributed by atoms with E-state index in [9.17, 15) is 4.79 Å². The van der Waals surface area contributed by atoms with Gasteiger partial charge in [0.15, 0.2) is 11.5 Å². The zero-order valence-corrected chi connectivity index (χ0v) is 10.4. The summed E-state index contributed by atoms with van der Waals surface area (Å²) < 4.78 is 0. The first kappa shape index (κ1) is 11.4. The van der Waals surface area contributed by atoms with Gasteiger partial charge in [-0.25, -0.2) is 9.97 Å². The summed E-state index contributed by atoms with van der Waals surface area (Å²) >= 11 is 0. The molecule has 96 valence electrons.